The van der Waals surface area contributed by atoms with Gasteiger partial charge in [0.1, 0.15) is 12.0 Å². The molecule has 0 saturated carbocycles. The van der Waals surface area contributed by atoms with Crippen molar-refractivity contribution in [3.05, 3.63) is 53.3 Å². The quantitative estimate of drug-likeness (QED) is 0.548. The Hall–Kier alpha value is -3.13. The predicted octanol–water partition coefficient (Wildman–Crippen LogP) is 2.96. The molecule has 1 aliphatic heterocycles. The van der Waals surface area contributed by atoms with Gasteiger partial charge in [-0.1, -0.05) is 23.3 Å². The third-order valence-electron chi connectivity index (χ3n) is 4.13. The molecule has 0 spiro atoms. The van der Waals surface area contributed by atoms with Crippen LogP contribution in [0.2, 0.25) is 5.02 Å². The molecule has 28 heavy (non-hydrogen) atoms. The lowest BCUT2D eigenvalue weighted by Gasteiger charge is -2.31. The molecule has 0 saturated heterocycles. The van der Waals surface area contributed by atoms with E-state index in [1.165, 1.54) is 6.26 Å². The zero-order chi connectivity index (χ0) is 20.1. The summed E-state index contributed by atoms with van der Waals surface area (Å²) in [5.74, 6) is -0.0945. The maximum Gasteiger partial charge on any atom is 0.259 e. The third-order valence-corrected chi connectivity index (χ3v) is 4.37. The minimum Gasteiger partial charge on any atom is -0.363 e. The number of nitrogens with zero attached hydrogens (tertiary/aromatic N) is 3. The topological polar surface area (TPSA) is 99.8 Å². The van der Waals surface area contributed by atoms with Crippen LogP contribution < -0.4 is 15.6 Å². The van der Waals surface area contributed by atoms with Gasteiger partial charge in [0.25, 0.3) is 5.91 Å². The van der Waals surface area contributed by atoms with Crippen molar-refractivity contribution in [3.8, 4) is 0 Å². The summed E-state index contributed by atoms with van der Waals surface area (Å²) in [4.78, 5) is 26.4. The second-order valence-corrected chi connectivity index (χ2v) is 6.54. The fourth-order valence-corrected chi connectivity index (χ4v) is 3.03. The van der Waals surface area contributed by atoms with E-state index in [2.05, 4.69) is 32.1 Å². The summed E-state index contributed by atoms with van der Waals surface area (Å²) in [5.41, 5.74) is 5.04. The number of amides is 2. The van der Waals surface area contributed by atoms with E-state index in [-0.39, 0.29) is 23.8 Å². The van der Waals surface area contributed by atoms with E-state index in [1.54, 1.807) is 29.2 Å². The highest BCUT2D eigenvalue weighted by atomic mass is 35.5. The zero-order valence-corrected chi connectivity index (χ0v) is 16.1. The van der Waals surface area contributed by atoms with Crippen molar-refractivity contribution in [2.45, 2.75) is 19.8 Å². The van der Waals surface area contributed by atoms with Crippen LogP contribution in [0.1, 0.15) is 25.3 Å². The summed E-state index contributed by atoms with van der Waals surface area (Å²) in [6.07, 6.45) is 2.07. The van der Waals surface area contributed by atoms with Crippen molar-refractivity contribution in [2.24, 2.45) is 5.10 Å². The molecule has 0 aliphatic carbocycles. The number of rotatable bonds is 7. The number of aromatic nitrogens is 1. The molecular weight excluding hydrogens is 382 g/mol. The van der Waals surface area contributed by atoms with Crippen molar-refractivity contribution in [3.63, 3.8) is 0 Å². The van der Waals surface area contributed by atoms with Crippen molar-refractivity contribution >= 4 is 40.6 Å². The smallest absolute Gasteiger partial charge is 0.259 e. The lowest BCUT2D eigenvalue weighted by molar-refractivity contribution is -0.117. The minimum absolute atomic E-state index is 0.206. The van der Waals surface area contributed by atoms with E-state index in [0.717, 1.165) is 5.56 Å². The molecule has 3 rings (SSSR count). The Morgan fingerprint density at radius 3 is 2.93 bits per heavy atom. The monoisotopic (exact) mass is 401 g/mol. The number of nitrogens with one attached hydrogen (secondary N) is 2. The standard InChI is InChI=1S/C19H20ClN5O3/c1-3-21-23-18-12(2)19(27)25(15-7-6-13(20)11-14(15)18)9-4-5-17(26)22-16-8-10-28-24-16/h6-8,10-11,21H,2-5,9H2,1H3,(H,22,24,26)/b23-18+. The van der Waals surface area contributed by atoms with Crippen LogP contribution in [-0.2, 0) is 9.59 Å². The van der Waals surface area contributed by atoms with Crippen LogP contribution in [0.5, 0.6) is 0 Å². The highest BCUT2D eigenvalue weighted by Gasteiger charge is 2.32. The van der Waals surface area contributed by atoms with E-state index in [9.17, 15) is 9.59 Å². The number of hydrazone groups is 1. The highest BCUT2D eigenvalue weighted by Crippen LogP contribution is 2.32. The summed E-state index contributed by atoms with van der Waals surface area (Å²) in [5, 5.41) is 11.1. The Kier molecular flexibility index (Phi) is 6.10. The number of fused-ring (bicyclic) bond motifs is 1. The van der Waals surface area contributed by atoms with Crippen LogP contribution in [0.4, 0.5) is 11.5 Å². The SMILES string of the molecule is C=C1C(=O)N(CCCC(=O)Nc2ccon2)c2ccc(Cl)cc2/C1=N/NCC. The van der Waals surface area contributed by atoms with Gasteiger partial charge in [-0.3, -0.25) is 9.59 Å². The summed E-state index contributed by atoms with van der Waals surface area (Å²) < 4.78 is 4.67. The Morgan fingerprint density at radius 1 is 1.39 bits per heavy atom. The molecule has 2 amide bonds. The Morgan fingerprint density at radius 2 is 2.21 bits per heavy atom. The van der Waals surface area contributed by atoms with E-state index in [4.69, 9.17) is 11.6 Å². The third kappa shape index (κ3) is 4.23. The largest absolute Gasteiger partial charge is 0.363 e. The van der Waals surface area contributed by atoms with E-state index in [1.807, 2.05) is 6.92 Å². The second kappa shape index (κ2) is 8.71. The molecule has 146 valence electrons. The van der Waals surface area contributed by atoms with Gasteiger partial charge in [0.15, 0.2) is 5.82 Å². The van der Waals surface area contributed by atoms with Gasteiger partial charge in [0, 0.05) is 36.2 Å². The van der Waals surface area contributed by atoms with E-state index in [0.29, 0.717) is 41.7 Å². The minimum atomic E-state index is -0.247. The first kappa shape index (κ1) is 19.6. The number of hydrogen-bond donors (Lipinski definition) is 2. The molecule has 0 radical (unpaired) electrons. The second-order valence-electron chi connectivity index (χ2n) is 6.11. The first-order chi connectivity index (χ1) is 13.5. The van der Waals surface area contributed by atoms with Gasteiger partial charge in [-0.05, 0) is 31.5 Å². The van der Waals surface area contributed by atoms with Crippen LogP contribution in [-0.4, -0.2) is 35.8 Å². The molecule has 0 atom stereocenters. The van der Waals surface area contributed by atoms with Crippen molar-refractivity contribution in [1.29, 1.82) is 0 Å². The predicted molar refractivity (Wildman–Crippen MR) is 108 cm³/mol. The van der Waals surface area contributed by atoms with Gasteiger partial charge in [-0.25, -0.2) is 0 Å². The van der Waals surface area contributed by atoms with Crippen LogP contribution in [0.15, 0.2) is 52.3 Å². The Labute approximate surface area is 167 Å². The number of hydrogen-bond acceptors (Lipinski definition) is 6. The lowest BCUT2D eigenvalue weighted by atomic mass is 9.95. The molecule has 1 aromatic heterocycles. The number of carbonyl (C=O) groups is 2. The van der Waals surface area contributed by atoms with Gasteiger partial charge in [0.05, 0.1) is 11.3 Å². The molecule has 2 aromatic rings. The van der Waals surface area contributed by atoms with Crippen LogP contribution in [0.3, 0.4) is 0 Å². The molecule has 2 N–H and O–H groups in total. The maximum absolute atomic E-state index is 12.8. The first-order valence-electron chi connectivity index (χ1n) is 8.83. The Balaban J connectivity index is 1.74. The molecular formula is C19H20ClN5O3. The molecule has 0 bridgehead atoms. The van der Waals surface area contributed by atoms with E-state index >= 15 is 0 Å². The molecule has 9 heteroatoms. The molecule has 8 nitrogen and oxygen atoms in total. The number of halogens is 1. The highest BCUT2D eigenvalue weighted by molar-refractivity contribution is 6.37. The zero-order valence-electron chi connectivity index (χ0n) is 15.4. The number of carbonyl (C=O) groups excluding carboxylic acids is 2. The Bertz CT molecular complexity index is 924. The van der Waals surface area contributed by atoms with Gasteiger partial charge < -0.3 is 20.2 Å². The maximum atomic E-state index is 12.8. The average Bonchev–Trinajstić information content (AvgIpc) is 3.17. The summed E-state index contributed by atoms with van der Waals surface area (Å²) >= 11 is 6.15. The van der Waals surface area contributed by atoms with Gasteiger partial charge >= 0.3 is 0 Å². The van der Waals surface area contributed by atoms with Crippen molar-refractivity contribution in [1.82, 2.24) is 10.6 Å². The summed E-state index contributed by atoms with van der Waals surface area (Å²) in [6.45, 7) is 6.78. The number of anilines is 2. The molecule has 0 unspecified atom stereocenters. The summed E-state index contributed by atoms with van der Waals surface area (Å²) in [7, 11) is 0. The van der Waals surface area contributed by atoms with Crippen molar-refractivity contribution < 1.29 is 14.1 Å². The van der Waals surface area contributed by atoms with Gasteiger partial charge in [0.2, 0.25) is 5.91 Å². The van der Waals surface area contributed by atoms with Crippen LogP contribution >= 0.6 is 11.6 Å². The fourth-order valence-electron chi connectivity index (χ4n) is 2.86. The van der Waals surface area contributed by atoms with Crippen molar-refractivity contribution in [2.75, 3.05) is 23.3 Å². The molecule has 0 fully saturated rings. The normalized spacial score (nSPS) is 14.9. The van der Waals surface area contributed by atoms with Crippen LogP contribution in [0.25, 0.3) is 0 Å². The molecule has 2 heterocycles. The lowest BCUT2D eigenvalue weighted by Crippen LogP contribution is -2.40. The molecule has 1 aliphatic rings. The van der Waals surface area contributed by atoms with Crippen LogP contribution in [0, 0.1) is 0 Å². The first-order valence-corrected chi connectivity index (χ1v) is 9.21. The fraction of sp³-hybridized carbons (Fsp3) is 0.263. The summed E-state index contributed by atoms with van der Waals surface area (Å²) in [6, 6.07) is 6.81. The van der Waals surface area contributed by atoms with E-state index < -0.39 is 0 Å². The van der Waals surface area contributed by atoms with Gasteiger partial charge in [-0.15, -0.1) is 0 Å². The molecule has 1 aromatic carbocycles. The van der Waals surface area contributed by atoms with Gasteiger partial charge in [-0.2, -0.15) is 5.10 Å². The number of benzene rings is 1. The average molecular weight is 402 g/mol.